The Morgan fingerprint density at radius 1 is 0.618 bits per heavy atom. The summed E-state index contributed by atoms with van der Waals surface area (Å²) in [5, 5.41) is 6.90. The summed E-state index contributed by atoms with van der Waals surface area (Å²) in [4.78, 5) is 22.6. The molecule has 0 spiro atoms. The standard InChI is InChI=1S/C28H32N2O4/c1-33-27(31)16-10-21-6-12-25(13-7-21)29-19-23-4-3-5-24(18-23)20-30-26-14-8-22(9-15-26)11-17-28(32)34-2/h3-9,12-15,18,29-30H,10-11,16-17,19-20H2,1-2H3. The molecule has 0 fully saturated rings. The van der Waals surface area contributed by atoms with Crippen LogP contribution >= 0.6 is 0 Å². The van der Waals surface area contributed by atoms with Crippen LogP contribution in [-0.2, 0) is 45.0 Å². The number of esters is 2. The fourth-order valence-electron chi connectivity index (χ4n) is 3.53. The number of hydrogen-bond acceptors (Lipinski definition) is 6. The summed E-state index contributed by atoms with van der Waals surface area (Å²) in [5.74, 6) is -0.381. The minimum absolute atomic E-state index is 0.191. The lowest BCUT2D eigenvalue weighted by Crippen LogP contribution is -2.04. The maximum absolute atomic E-state index is 11.3. The Morgan fingerprint density at radius 3 is 1.41 bits per heavy atom. The Morgan fingerprint density at radius 2 is 1.03 bits per heavy atom. The van der Waals surface area contributed by atoms with E-state index < -0.39 is 0 Å². The highest BCUT2D eigenvalue weighted by Gasteiger charge is 2.03. The third-order valence-corrected chi connectivity index (χ3v) is 5.58. The monoisotopic (exact) mass is 460 g/mol. The molecule has 0 saturated carbocycles. The first-order valence-electron chi connectivity index (χ1n) is 11.4. The van der Waals surface area contributed by atoms with Crippen LogP contribution in [0.25, 0.3) is 0 Å². The Hall–Kier alpha value is -3.80. The minimum Gasteiger partial charge on any atom is -0.469 e. The van der Waals surface area contributed by atoms with Crippen LogP contribution < -0.4 is 10.6 Å². The minimum atomic E-state index is -0.191. The van der Waals surface area contributed by atoms with Gasteiger partial charge < -0.3 is 20.1 Å². The van der Waals surface area contributed by atoms with Crippen LogP contribution in [-0.4, -0.2) is 26.2 Å². The van der Waals surface area contributed by atoms with Gasteiger partial charge in [-0.3, -0.25) is 9.59 Å². The number of carbonyl (C=O) groups excluding carboxylic acids is 2. The Balaban J connectivity index is 1.45. The largest absolute Gasteiger partial charge is 0.469 e. The van der Waals surface area contributed by atoms with E-state index in [9.17, 15) is 9.59 Å². The molecule has 0 heterocycles. The average Bonchev–Trinajstić information content (AvgIpc) is 2.89. The molecule has 0 unspecified atom stereocenters. The second kappa shape index (κ2) is 13.0. The molecule has 0 amide bonds. The number of carbonyl (C=O) groups is 2. The molecule has 178 valence electrons. The van der Waals surface area contributed by atoms with Crippen LogP contribution in [0.1, 0.15) is 35.1 Å². The first kappa shape index (κ1) is 24.8. The number of aryl methyl sites for hydroxylation is 2. The van der Waals surface area contributed by atoms with Gasteiger partial charge in [0.05, 0.1) is 14.2 Å². The highest BCUT2D eigenvalue weighted by molar-refractivity contribution is 5.70. The van der Waals surface area contributed by atoms with Crippen LogP contribution in [0.5, 0.6) is 0 Å². The first-order valence-corrected chi connectivity index (χ1v) is 11.4. The van der Waals surface area contributed by atoms with Gasteiger partial charge in [0.25, 0.3) is 0 Å². The van der Waals surface area contributed by atoms with Crippen molar-refractivity contribution in [3.8, 4) is 0 Å². The summed E-state index contributed by atoms with van der Waals surface area (Å²) in [6.45, 7) is 1.45. The fraction of sp³-hybridized carbons (Fsp3) is 0.286. The van der Waals surface area contributed by atoms with Crippen molar-refractivity contribution >= 4 is 23.3 Å². The Kier molecular flexibility index (Phi) is 9.52. The van der Waals surface area contributed by atoms with Crippen LogP contribution in [0.2, 0.25) is 0 Å². The van der Waals surface area contributed by atoms with E-state index in [-0.39, 0.29) is 11.9 Å². The van der Waals surface area contributed by atoms with Crippen LogP contribution in [0.3, 0.4) is 0 Å². The van der Waals surface area contributed by atoms with E-state index in [2.05, 4.69) is 44.4 Å². The molecule has 0 saturated heterocycles. The van der Waals surface area contributed by atoms with Gasteiger partial charge in [-0.05, 0) is 59.4 Å². The molecule has 0 aliphatic heterocycles. The van der Waals surface area contributed by atoms with Gasteiger partial charge in [-0.1, -0.05) is 48.5 Å². The highest BCUT2D eigenvalue weighted by Crippen LogP contribution is 2.16. The maximum Gasteiger partial charge on any atom is 0.305 e. The average molecular weight is 461 g/mol. The molecule has 0 aliphatic carbocycles. The second-order valence-corrected chi connectivity index (χ2v) is 8.07. The number of anilines is 2. The molecule has 6 heteroatoms. The SMILES string of the molecule is COC(=O)CCc1ccc(NCc2cccc(CNc3ccc(CCC(=O)OC)cc3)c2)cc1. The second-order valence-electron chi connectivity index (χ2n) is 8.07. The van der Waals surface area contributed by atoms with E-state index >= 15 is 0 Å². The van der Waals surface area contributed by atoms with E-state index in [1.54, 1.807) is 0 Å². The van der Waals surface area contributed by atoms with Crippen molar-refractivity contribution in [3.05, 3.63) is 95.1 Å². The first-order chi connectivity index (χ1) is 16.6. The molecule has 0 bridgehead atoms. The Bertz CT molecular complexity index is 980. The number of nitrogens with one attached hydrogen (secondary N) is 2. The third kappa shape index (κ3) is 8.28. The zero-order valence-electron chi connectivity index (χ0n) is 19.8. The van der Waals surface area contributed by atoms with Gasteiger partial charge >= 0.3 is 11.9 Å². The molecular weight excluding hydrogens is 428 g/mol. The summed E-state index contributed by atoms with van der Waals surface area (Å²) in [6, 6.07) is 24.8. The lowest BCUT2D eigenvalue weighted by molar-refractivity contribution is -0.141. The summed E-state index contributed by atoms with van der Waals surface area (Å²) >= 11 is 0. The zero-order valence-corrected chi connectivity index (χ0v) is 19.8. The molecule has 2 N–H and O–H groups in total. The quantitative estimate of drug-likeness (QED) is 0.365. The third-order valence-electron chi connectivity index (χ3n) is 5.58. The zero-order chi connectivity index (χ0) is 24.2. The number of hydrogen-bond donors (Lipinski definition) is 2. The van der Waals surface area contributed by atoms with Crippen molar-refractivity contribution in [1.82, 2.24) is 0 Å². The summed E-state index contributed by atoms with van der Waals surface area (Å²) in [7, 11) is 2.82. The number of methoxy groups -OCH3 is 2. The predicted octanol–water partition coefficient (Wildman–Crippen LogP) is 5.12. The summed E-state index contributed by atoms with van der Waals surface area (Å²) < 4.78 is 9.38. The van der Waals surface area contributed by atoms with Crippen molar-refractivity contribution in [3.63, 3.8) is 0 Å². The molecule has 0 aromatic heterocycles. The van der Waals surface area contributed by atoms with E-state index in [1.807, 2.05) is 48.5 Å². The van der Waals surface area contributed by atoms with E-state index in [0.717, 1.165) is 35.6 Å². The predicted molar refractivity (Wildman–Crippen MR) is 135 cm³/mol. The molecule has 3 aromatic carbocycles. The van der Waals surface area contributed by atoms with Gasteiger partial charge in [0, 0.05) is 37.3 Å². The summed E-state index contributed by atoms with van der Waals surface area (Å²) in [6.07, 6.45) is 2.14. The van der Waals surface area contributed by atoms with E-state index in [1.165, 1.54) is 25.3 Å². The topological polar surface area (TPSA) is 76.7 Å². The van der Waals surface area contributed by atoms with Gasteiger partial charge in [0.15, 0.2) is 0 Å². The normalized spacial score (nSPS) is 10.4. The van der Waals surface area contributed by atoms with Crippen LogP contribution in [0.15, 0.2) is 72.8 Å². The molecule has 6 nitrogen and oxygen atoms in total. The van der Waals surface area contributed by atoms with Crippen molar-refractivity contribution in [1.29, 1.82) is 0 Å². The van der Waals surface area contributed by atoms with Crippen LogP contribution in [0, 0.1) is 0 Å². The Labute approximate surface area is 201 Å². The van der Waals surface area contributed by atoms with Gasteiger partial charge in [-0.2, -0.15) is 0 Å². The van der Waals surface area contributed by atoms with Crippen LogP contribution in [0.4, 0.5) is 11.4 Å². The van der Waals surface area contributed by atoms with E-state index in [4.69, 9.17) is 0 Å². The molecular formula is C28H32N2O4. The molecule has 3 rings (SSSR count). The van der Waals surface area contributed by atoms with Crippen molar-refractivity contribution in [2.75, 3.05) is 24.9 Å². The maximum atomic E-state index is 11.3. The number of benzene rings is 3. The molecule has 0 atom stereocenters. The summed E-state index contributed by atoms with van der Waals surface area (Å²) in [5.41, 5.74) is 6.70. The molecule has 3 aromatic rings. The molecule has 0 aliphatic rings. The van der Waals surface area contributed by atoms with Crippen molar-refractivity contribution < 1.29 is 19.1 Å². The van der Waals surface area contributed by atoms with Gasteiger partial charge in [-0.25, -0.2) is 0 Å². The number of ether oxygens (including phenoxy) is 2. The van der Waals surface area contributed by atoms with Gasteiger partial charge in [0.2, 0.25) is 0 Å². The smallest absolute Gasteiger partial charge is 0.305 e. The van der Waals surface area contributed by atoms with Gasteiger partial charge in [0.1, 0.15) is 0 Å². The highest BCUT2D eigenvalue weighted by atomic mass is 16.5. The molecule has 34 heavy (non-hydrogen) atoms. The molecule has 0 radical (unpaired) electrons. The fourth-order valence-corrected chi connectivity index (χ4v) is 3.53. The van der Waals surface area contributed by atoms with E-state index in [0.29, 0.717) is 25.7 Å². The number of rotatable bonds is 12. The van der Waals surface area contributed by atoms with Crippen molar-refractivity contribution in [2.45, 2.75) is 38.8 Å². The van der Waals surface area contributed by atoms with Gasteiger partial charge in [-0.15, -0.1) is 0 Å². The lowest BCUT2D eigenvalue weighted by Gasteiger charge is -2.11. The lowest BCUT2D eigenvalue weighted by atomic mass is 10.1. The van der Waals surface area contributed by atoms with Crippen molar-refractivity contribution in [2.24, 2.45) is 0 Å².